The lowest BCUT2D eigenvalue weighted by molar-refractivity contribution is -0.369. The molecule has 3 aliphatic heterocycles. The van der Waals surface area contributed by atoms with Crippen LogP contribution in [-0.4, -0.2) is 181 Å². The Bertz CT molecular complexity index is 1630. The van der Waals surface area contributed by atoms with Crippen molar-refractivity contribution in [3.8, 4) is 0 Å². The van der Waals surface area contributed by atoms with E-state index in [1.807, 2.05) is 13.8 Å². The SMILES string of the molecule is C[C@@H](CCC(=O)[C@@H](C)[C@@H]1C(=O)C[C@H]2[C@@H]3CC=C4CC(O[C@@H]5O[C@H](CO)[C@@H](O)[C@H](O)[C@H]5O[C@@H]5O[C@@H](C)[C@H](O)[C@@H](O)[C@H]5O)CC[C@]4(C)[C@H]3CC[C@@]21C)CO[C@H]1O[C@H](CO)[C@@H](O)[C@H](O)[C@H]1O. The summed E-state index contributed by atoms with van der Waals surface area (Å²) in [6, 6.07) is 0. The zero-order valence-electron chi connectivity index (χ0n) is 37.0. The summed E-state index contributed by atoms with van der Waals surface area (Å²) in [5.41, 5.74) is 0.735. The summed E-state index contributed by atoms with van der Waals surface area (Å²) in [5, 5.41) is 103. The highest BCUT2D eigenvalue weighted by atomic mass is 16.8. The highest BCUT2D eigenvalue weighted by molar-refractivity contribution is 5.92. The summed E-state index contributed by atoms with van der Waals surface area (Å²) < 4.78 is 35.1. The minimum atomic E-state index is -1.67. The molecule has 7 aliphatic rings. The van der Waals surface area contributed by atoms with Gasteiger partial charge in [-0.2, -0.15) is 0 Å². The van der Waals surface area contributed by atoms with E-state index in [0.29, 0.717) is 31.6 Å². The average Bonchev–Trinajstić information content (AvgIpc) is 3.54. The summed E-state index contributed by atoms with van der Waals surface area (Å²) in [6.45, 7) is 8.71. The summed E-state index contributed by atoms with van der Waals surface area (Å²) >= 11 is 0. The first-order valence-electron chi connectivity index (χ1n) is 23.1. The summed E-state index contributed by atoms with van der Waals surface area (Å²) in [6.07, 6.45) is -13.4. The standard InChI is InChI=1S/C45H72O18/c1-19(18-58-41-38(56)36(54)33(51)29(16-46)61-41)6-9-27(48)20(2)31-28(49)15-26-24-8-7-22-14-23(10-12-44(22,4)25(24)11-13-45(26,31)5)60-43-40(37(55)34(52)30(17-47)62-43)63-42-39(57)35(53)32(50)21(3)59-42/h7,19-21,23-26,29-43,46-47,50-57H,6,8-18H2,1-5H3/t19-,20+,21-,23?,24+,25-,26-,29+,30+,31+,32-,33+,34+,35+,36-,37-,38+,39+,40+,41-,42-,43+,44-,45-/m0/s1. The Morgan fingerprint density at radius 2 is 1.40 bits per heavy atom. The molecule has 18 heteroatoms. The molecule has 4 aliphatic carbocycles. The van der Waals surface area contributed by atoms with Gasteiger partial charge in [0.2, 0.25) is 0 Å². The van der Waals surface area contributed by atoms with Gasteiger partial charge in [0, 0.05) is 24.7 Å². The van der Waals surface area contributed by atoms with Crippen LogP contribution < -0.4 is 0 Å². The molecule has 18 nitrogen and oxygen atoms in total. The molecule has 360 valence electrons. The second-order valence-corrected chi connectivity index (χ2v) is 20.4. The third-order valence-electron chi connectivity index (χ3n) is 16.5. The molecule has 6 fully saturated rings. The topological polar surface area (TPSA) is 292 Å². The first-order valence-corrected chi connectivity index (χ1v) is 23.1. The Balaban J connectivity index is 0.964. The summed E-state index contributed by atoms with van der Waals surface area (Å²) in [7, 11) is 0. The van der Waals surface area contributed by atoms with Crippen LogP contribution in [0.5, 0.6) is 0 Å². The van der Waals surface area contributed by atoms with Crippen molar-refractivity contribution in [2.45, 2.75) is 191 Å². The molecule has 3 heterocycles. The van der Waals surface area contributed by atoms with Crippen LogP contribution in [0.3, 0.4) is 0 Å². The molecule has 1 unspecified atom stereocenters. The van der Waals surface area contributed by atoms with Gasteiger partial charge in [-0.1, -0.05) is 39.3 Å². The largest absolute Gasteiger partial charge is 0.394 e. The van der Waals surface area contributed by atoms with Crippen LogP contribution in [0, 0.1) is 46.3 Å². The van der Waals surface area contributed by atoms with Crippen molar-refractivity contribution < 1.29 is 89.1 Å². The maximum absolute atomic E-state index is 14.0. The number of allylic oxidation sites excluding steroid dienone is 1. The van der Waals surface area contributed by atoms with Gasteiger partial charge in [-0.05, 0) is 86.4 Å². The van der Waals surface area contributed by atoms with Gasteiger partial charge in [0.1, 0.15) is 78.7 Å². The Kier molecular flexibility index (Phi) is 15.3. The molecule has 3 saturated carbocycles. The Labute approximate surface area is 368 Å². The lowest BCUT2D eigenvalue weighted by atomic mass is 9.47. The van der Waals surface area contributed by atoms with Crippen LogP contribution in [0.15, 0.2) is 11.6 Å². The number of hydrogen-bond donors (Lipinski definition) is 10. The lowest BCUT2D eigenvalue weighted by Crippen LogP contribution is -2.64. The molecule has 10 N–H and O–H groups in total. The maximum atomic E-state index is 14.0. The van der Waals surface area contributed by atoms with Crippen molar-refractivity contribution in [2.75, 3.05) is 19.8 Å². The number of carbonyl (C=O) groups is 2. The molecular formula is C45H72O18. The van der Waals surface area contributed by atoms with E-state index in [2.05, 4.69) is 19.9 Å². The monoisotopic (exact) mass is 900 g/mol. The highest BCUT2D eigenvalue weighted by Crippen LogP contribution is 2.66. The second-order valence-electron chi connectivity index (χ2n) is 20.4. The van der Waals surface area contributed by atoms with Crippen LogP contribution in [0.4, 0.5) is 0 Å². The number of fused-ring (bicyclic) bond motifs is 5. The Hall–Kier alpha value is -1.56. The van der Waals surface area contributed by atoms with E-state index < -0.39 is 117 Å². The van der Waals surface area contributed by atoms with Gasteiger partial charge >= 0.3 is 0 Å². The molecule has 0 aromatic carbocycles. The lowest BCUT2D eigenvalue weighted by Gasteiger charge is -2.58. The van der Waals surface area contributed by atoms with E-state index >= 15 is 0 Å². The predicted octanol–water partition coefficient (Wildman–Crippen LogP) is -0.781. The maximum Gasteiger partial charge on any atom is 0.187 e. The molecule has 0 amide bonds. The van der Waals surface area contributed by atoms with Crippen LogP contribution in [-0.2, 0) is 38.0 Å². The fraction of sp³-hybridized carbons (Fsp3) is 0.911. The molecular weight excluding hydrogens is 828 g/mol. The molecule has 24 atom stereocenters. The van der Waals surface area contributed by atoms with Gasteiger partial charge in [0.25, 0.3) is 0 Å². The Morgan fingerprint density at radius 1 is 0.762 bits per heavy atom. The van der Waals surface area contributed by atoms with E-state index in [9.17, 15) is 60.7 Å². The minimum Gasteiger partial charge on any atom is -0.394 e. The van der Waals surface area contributed by atoms with Crippen molar-refractivity contribution in [1.29, 1.82) is 0 Å². The van der Waals surface area contributed by atoms with Crippen molar-refractivity contribution >= 4 is 11.6 Å². The number of aliphatic hydroxyl groups excluding tert-OH is 10. The zero-order valence-corrected chi connectivity index (χ0v) is 37.0. The summed E-state index contributed by atoms with van der Waals surface area (Å²) in [5.74, 6) is -0.137. The summed E-state index contributed by atoms with van der Waals surface area (Å²) in [4.78, 5) is 27.8. The van der Waals surface area contributed by atoms with E-state index in [0.717, 1.165) is 25.7 Å². The van der Waals surface area contributed by atoms with E-state index in [1.54, 1.807) is 0 Å². The van der Waals surface area contributed by atoms with Crippen LogP contribution in [0.2, 0.25) is 0 Å². The number of carbonyl (C=O) groups excluding carboxylic acids is 2. The molecule has 0 aromatic rings. The molecule has 0 radical (unpaired) electrons. The second kappa shape index (κ2) is 19.6. The molecule has 0 aromatic heterocycles. The van der Waals surface area contributed by atoms with Gasteiger partial charge in [-0.25, -0.2) is 0 Å². The number of aliphatic hydroxyl groups is 10. The fourth-order valence-corrected chi connectivity index (χ4v) is 12.6. The molecule has 3 saturated heterocycles. The van der Waals surface area contributed by atoms with Gasteiger partial charge in [0.05, 0.1) is 32.0 Å². The number of Topliss-reactive ketones (excluding diaryl/α,β-unsaturated/α-hetero) is 2. The molecule has 63 heavy (non-hydrogen) atoms. The predicted molar refractivity (Wildman–Crippen MR) is 218 cm³/mol. The highest BCUT2D eigenvalue weighted by Gasteiger charge is 2.63. The van der Waals surface area contributed by atoms with Gasteiger partial charge in [0.15, 0.2) is 18.9 Å². The molecule has 0 bridgehead atoms. The first kappa shape index (κ1) is 49.3. The van der Waals surface area contributed by atoms with Gasteiger partial charge in [-0.3, -0.25) is 9.59 Å². The van der Waals surface area contributed by atoms with Crippen molar-refractivity contribution in [3.05, 3.63) is 11.6 Å². The number of rotatable bonds is 14. The fourth-order valence-electron chi connectivity index (χ4n) is 12.6. The third kappa shape index (κ3) is 9.24. The van der Waals surface area contributed by atoms with Crippen molar-refractivity contribution in [2.24, 2.45) is 46.3 Å². The van der Waals surface area contributed by atoms with Crippen LogP contribution >= 0.6 is 0 Å². The minimum absolute atomic E-state index is 0.0171. The van der Waals surface area contributed by atoms with Gasteiger partial charge < -0.3 is 79.5 Å². The Morgan fingerprint density at radius 3 is 2.08 bits per heavy atom. The van der Waals surface area contributed by atoms with Crippen LogP contribution in [0.25, 0.3) is 0 Å². The van der Waals surface area contributed by atoms with E-state index in [4.69, 9.17) is 28.4 Å². The van der Waals surface area contributed by atoms with Crippen LogP contribution in [0.1, 0.15) is 92.4 Å². The quantitative estimate of drug-likeness (QED) is 0.0957. The van der Waals surface area contributed by atoms with Crippen molar-refractivity contribution in [1.82, 2.24) is 0 Å². The van der Waals surface area contributed by atoms with E-state index in [-0.39, 0.29) is 59.3 Å². The molecule has 7 rings (SSSR count). The number of ether oxygens (including phenoxy) is 6. The van der Waals surface area contributed by atoms with Crippen molar-refractivity contribution in [3.63, 3.8) is 0 Å². The normalized spacial score (nSPS) is 49.9. The first-order chi connectivity index (χ1) is 29.7. The number of ketones is 2. The van der Waals surface area contributed by atoms with Gasteiger partial charge in [-0.15, -0.1) is 0 Å². The van der Waals surface area contributed by atoms with E-state index in [1.165, 1.54) is 12.5 Å². The third-order valence-corrected chi connectivity index (χ3v) is 16.5. The molecule has 0 spiro atoms. The smallest absolute Gasteiger partial charge is 0.187 e. The number of hydrogen-bond acceptors (Lipinski definition) is 18. The average molecular weight is 901 g/mol. The zero-order chi connectivity index (χ0) is 45.9.